The van der Waals surface area contributed by atoms with Gasteiger partial charge in [0.25, 0.3) is 5.69 Å². The van der Waals surface area contributed by atoms with Crippen molar-refractivity contribution in [3.05, 3.63) is 62.2 Å². The number of alkyl halides is 3. The van der Waals surface area contributed by atoms with Crippen LogP contribution in [0.2, 0.25) is 5.02 Å². The summed E-state index contributed by atoms with van der Waals surface area (Å²) >= 11 is 5.81. The molecule has 0 amide bonds. The number of benzene rings is 2. The number of methoxy groups -OCH3 is 1. The molecule has 2 aromatic rings. The fourth-order valence-corrected chi connectivity index (χ4v) is 2.50. The average Bonchev–Trinajstić information content (AvgIpc) is 2.60. The predicted octanol–water partition coefficient (Wildman–Crippen LogP) is 5.05. The molecule has 0 aliphatic carbocycles. The van der Waals surface area contributed by atoms with Crippen LogP contribution in [0.3, 0.4) is 0 Å². The van der Waals surface area contributed by atoms with Crippen molar-refractivity contribution in [2.24, 2.45) is 0 Å². The maximum Gasteiger partial charge on any atom is 0.416 e. The van der Waals surface area contributed by atoms with Gasteiger partial charge in [0.2, 0.25) is 0 Å². The number of hydrogen-bond acceptors (Lipinski definition) is 6. The van der Waals surface area contributed by atoms with Crippen molar-refractivity contribution >= 4 is 29.0 Å². The maximum absolute atomic E-state index is 12.7. The molecule has 0 saturated carbocycles. The van der Waals surface area contributed by atoms with E-state index in [-0.39, 0.29) is 11.5 Å². The lowest BCUT2D eigenvalue weighted by Gasteiger charge is -2.13. The fourth-order valence-electron chi connectivity index (χ4n) is 2.28. The number of Topliss-reactive ketones (excluding diaryl/α,β-unsaturated/α-hetero) is 1. The van der Waals surface area contributed by atoms with Crippen LogP contribution in [0, 0.1) is 10.1 Å². The van der Waals surface area contributed by atoms with Crippen molar-refractivity contribution in [2.45, 2.75) is 13.1 Å². The summed E-state index contributed by atoms with van der Waals surface area (Å²) in [4.78, 5) is 34.1. The van der Waals surface area contributed by atoms with Crippen LogP contribution in [0.4, 0.5) is 18.9 Å². The first-order valence-corrected chi connectivity index (χ1v) is 7.79. The highest BCUT2D eigenvalue weighted by Gasteiger charge is 2.32. The van der Waals surface area contributed by atoms with Crippen molar-refractivity contribution in [2.75, 3.05) is 7.11 Å². The summed E-state index contributed by atoms with van der Waals surface area (Å²) in [6.07, 6.45) is -4.62. The molecule has 0 unspecified atom stereocenters. The quantitative estimate of drug-likeness (QED) is 0.292. The van der Waals surface area contributed by atoms with E-state index in [1.54, 1.807) is 0 Å². The Bertz CT molecular complexity index is 974. The second-order valence-corrected chi connectivity index (χ2v) is 5.82. The Labute approximate surface area is 160 Å². The van der Waals surface area contributed by atoms with E-state index in [2.05, 4.69) is 4.74 Å². The van der Waals surface area contributed by atoms with E-state index in [0.29, 0.717) is 6.07 Å². The molecule has 0 heterocycles. The van der Waals surface area contributed by atoms with Gasteiger partial charge in [-0.1, -0.05) is 11.6 Å². The number of nitro groups is 1. The molecule has 0 aliphatic rings. The Morgan fingerprint density at radius 3 is 2.21 bits per heavy atom. The zero-order valence-corrected chi connectivity index (χ0v) is 15.1. The van der Waals surface area contributed by atoms with Gasteiger partial charge in [-0.3, -0.25) is 14.9 Å². The molecule has 2 aromatic carbocycles. The second-order valence-electron chi connectivity index (χ2n) is 5.42. The van der Waals surface area contributed by atoms with Gasteiger partial charge in [-0.2, -0.15) is 13.2 Å². The summed E-state index contributed by atoms with van der Waals surface area (Å²) in [5, 5.41) is 10.9. The van der Waals surface area contributed by atoms with Crippen LogP contribution in [0.1, 0.15) is 33.2 Å². The van der Waals surface area contributed by atoms with Gasteiger partial charge in [0.05, 0.1) is 28.2 Å². The highest BCUT2D eigenvalue weighted by atomic mass is 35.5. The average molecular weight is 418 g/mol. The van der Waals surface area contributed by atoms with Gasteiger partial charge in [-0.05, 0) is 31.2 Å². The lowest BCUT2D eigenvalue weighted by Crippen LogP contribution is -2.10. The smallest absolute Gasteiger partial charge is 0.416 e. The van der Waals surface area contributed by atoms with Crippen LogP contribution < -0.4 is 4.74 Å². The molecule has 0 fully saturated rings. The molecule has 148 valence electrons. The van der Waals surface area contributed by atoms with Crippen molar-refractivity contribution < 1.29 is 37.2 Å². The van der Waals surface area contributed by atoms with Crippen molar-refractivity contribution in [3.8, 4) is 11.5 Å². The minimum atomic E-state index is -4.62. The molecule has 0 radical (unpaired) electrons. The molecule has 0 aromatic heterocycles. The summed E-state index contributed by atoms with van der Waals surface area (Å²) in [6, 6.07) is 4.22. The van der Waals surface area contributed by atoms with Gasteiger partial charge < -0.3 is 9.47 Å². The fraction of sp³-hybridized carbons (Fsp3) is 0.176. The number of esters is 1. The largest absolute Gasteiger partial charge is 0.465 e. The van der Waals surface area contributed by atoms with Crippen LogP contribution in [0.15, 0.2) is 30.3 Å². The van der Waals surface area contributed by atoms with Gasteiger partial charge >= 0.3 is 12.1 Å². The number of carbonyl (C=O) groups excluding carboxylic acids is 2. The molecule has 7 nitrogen and oxygen atoms in total. The van der Waals surface area contributed by atoms with Crippen molar-refractivity contribution in [1.29, 1.82) is 0 Å². The van der Waals surface area contributed by atoms with E-state index < -0.39 is 50.3 Å². The molecule has 0 aliphatic heterocycles. The summed E-state index contributed by atoms with van der Waals surface area (Å²) in [6.45, 7) is 1.04. The van der Waals surface area contributed by atoms with Crippen LogP contribution >= 0.6 is 11.6 Å². The van der Waals surface area contributed by atoms with Crippen molar-refractivity contribution in [1.82, 2.24) is 0 Å². The summed E-state index contributed by atoms with van der Waals surface area (Å²) in [5.74, 6) is -2.27. The zero-order valence-electron chi connectivity index (χ0n) is 14.3. The van der Waals surface area contributed by atoms with E-state index in [4.69, 9.17) is 16.3 Å². The number of nitro benzene ring substituents is 1. The third kappa shape index (κ3) is 4.39. The van der Waals surface area contributed by atoms with Gasteiger partial charge in [-0.25, -0.2) is 4.79 Å². The van der Waals surface area contributed by atoms with E-state index >= 15 is 0 Å². The zero-order chi connectivity index (χ0) is 21.2. The molecule has 0 atom stereocenters. The molecule has 11 heteroatoms. The number of hydrogen-bond donors (Lipinski definition) is 0. The SMILES string of the molecule is COC(=O)c1cc(Oc2ccc(C(F)(F)F)cc2Cl)cc(C(C)=O)c1[N+](=O)[O-]. The molecule has 0 N–H and O–H groups in total. The van der Waals surface area contributed by atoms with Gasteiger partial charge in [0, 0.05) is 6.07 Å². The minimum absolute atomic E-state index is 0.214. The van der Waals surface area contributed by atoms with Crippen LogP contribution in [0.5, 0.6) is 11.5 Å². The monoisotopic (exact) mass is 417 g/mol. The molecule has 0 bridgehead atoms. The molecule has 2 rings (SSSR count). The number of rotatable bonds is 5. The predicted molar refractivity (Wildman–Crippen MR) is 91.0 cm³/mol. The molecule has 0 spiro atoms. The number of nitrogens with zero attached hydrogens (tertiary/aromatic N) is 1. The maximum atomic E-state index is 12.7. The first-order chi connectivity index (χ1) is 13.0. The number of halogens is 4. The third-order valence-electron chi connectivity index (χ3n) is 3.54. The molecule has 28 heavy (non-hydrogen) atoms. The normalized spacial score (nSPS) is 11.1. The Hall–Kier alpha value is -3.14. The summed E-state index contributed by atoms with van der Waals surface area (Å²) in [5.41, 5.74) is -2.78. The molecule has 0 saturated heterocycles. The third-order valence-corrected chi connectivity index (χ3v) is 3.83. The Kier molecular flexibility index (Phi) is 5.93. The highest BCUT2D eigenvalue weighted by Crippen LogP contribution is 2.38. The number of ketones is 1. The topological polar surface area (TPSA) is 95.7 Å². The van der Waals surface area contributed by atoms with Crippen LogP contribution in [0.25, 0.3) is 0 Å². The van der Waals surface area contributed by atoms with Crippen LogP contribution in [-0.4, -0.2) is 23.8 Å². The van der Waals surface area contributed by atoms with E-state index in [9.17, 15) is 32.9 Å². The van der Waals surface area contributed by atoms with E-state index in [0.717, 1.165) is 38.3 Å². The minimum Gasteiger partial charge on any atom is -0.465 e. The number of ether oxygens (including phenoxy) is 2. The molecular formula is C17H11ClF3NO6. The van der Waals surface area contributed by atoms with E-state index in [1.807, 2.05) is 0 Å². The first kappa shape index (κ1) is 21.2. The van der Waals surface area contributed by atoms with Crippen molar-refractivity contribution in [3.63, 3.8) is 0 Å². The van der Waals surface area contributed by atoms with Gasteiger partial charge in [0.15, 0.2) is 5.78 Å². The Morgan fingerprint density at radius 1 is 1.14 bits per heavy atom. The molecular weight excluding hydrogens is 407 g/mol. The Morgan fingerprint density at radius 2 is 1.75 bits per heavy atom. The number of carbonyl (C=O) groups is 2. The lowest BCUT2D eigenvalue weighted by molar-refractivity contribution is -0.385. The van der Waals surface area contributed by atoms with Gasteiger partial charge in [0.1, 0.15) is 17.1 Å². The summed E-state index contributed by atoms with van der Waals surface area (Å²) < 4.78 is 48.0. The lowest BCUT2D eigenvalue weighted by atomic mass is 10.0. The van der Waals surface area contributed by atoms with E-state index in [1.165, 1.54) is 0 Å². The second kappa shape index (κ2) is 7.85. The summed E-state index contributed by atoms with van der Waals surface area (Å²) in [7, 11) is 0.986. The highest BCUT2D eigenvalue weighted by molar-refractivity contribution is 6.32. The standard InChI is InChI=1S/C17H11ClF3NO6/c1-8(23)11-6-10(7-12(16(24)27-2)15(11)22(25)26)28-14-4-3-9(5-13(14)18)17(19,20)21/h3-7H,1-2H3. The Balaban J connectivity index is 2.58. The van der Waals surface area contributed by atoms with Crippen LogP contribution in [-0.2, 0) is 10.9 Å². The first-order valence-electron chi connectivity index (χ1n) is 7.42. The van der Waals surface area contributed by atoms with Gasteiger partial charge in [-0.15, -0.1) is 0 Å².